The highest BCUT2D eigenvalue weighted by Crippen LogP contribution is 2.20. The fourth-order valence-electron chi connectivity index (χ4n) is 1.23. The van der Waals surface area contributed by atoms with E-state index >= 15 is 0 Å². The van der Waals surface area contributed by atoms with Crippen molar-refractivity contribution in [1.82, 2.24) is 0 Å². The molecule has 13 heavy (non-hydrogen) atoms. The van der Waals surface area contributed by atoms with Crippen molar-refractivity contribution in [2.24, 2.45) is 0 Å². The van der Waals surface area contributed by atoms with Crippen LogP contribution in [0.15, 0.2) is 12.1 Å². The Morgan fingerprint density at radius 2 is 2.15 bits per heavy atom. The van der Waals surface area contributed by atoms with Gasteiger partial charge in [0.15, 0.2) is 0 Å². The van der Waals surface area contributed by atoms with Gasteiger partial charge >= 0.3 is 0 Å². The molecule has 0 radical (unpaired) electrons. The van der Waals surface area contributed by atoms with Crippen molar-refractivity contribution in [2.45, 2.75) is 26.4 Å². The van der Waals surface area contributed by atoms with Gasteiger partial charge in [-0.25, -0.2) is 4.39 Å². The number of benzene rings is 1. The molecule has 72 valence electrons. The van der Waals surface area contributed by atoms with Crippen LogP contribution in [0.2, 0.25) is 5.02 Å². The predicted molar refractivity (Wildman–Crippen MR) is 51.5 cm³/mol. The zero-order chi connectivity index (χ0) is 10.0. The summed E-state index contributed by atoms with van der Waals surface area (Å²) in [5, 5.41) is 9.27. The van der Waals surface area contributed by atoms with Gasteiger partial charge in [-0.2, -0.15) is 0 Å². The van der Waals surface area contributed by atoms with E-state index in [1.165, 1.54) is 6.07 Å². The molecule has 1 nitrogen and oxygen atoms in total. The molecule has 1 aromatic rings. The molecular formula is C10H12ClFO. The van der Waals surface area contributed by atoms with Crippen molar-refractivity contribution < 1.29 is 9.50 Å². The van der Waals surface area contributed by atoms with Crippen molar-refractivity contribution in [3.8, 4) is 0 Å². The first-order valence-corrected chi connectivity index (χ1v) is 4.51. The Labute approximate surface area is 82.2 Å². The fraction of sp³-hybridized carbons (Fsp3) is 0.400. The quantitative estimate of drug-likeness (QED) is 0.782. The van der Waals surface area contributed by atoms with Crippen LogP contribution in [0.4, 0.5) is 4.39 Å². The molecule has 0 aliphatic carbocycles. The standard InChI is InChI=1S/C10H12ClFO/c1-6-3-10(12)9(11)5-8(6)4-7(2)13/h3,5,7,13H,4H2,1-2H3. The van der Waals surface area contributed by atoms with Crippen LogP contribution in [0.25, 0.3) is 0 Å². The number of hydrogen-bond acceptors (Lipinski definition) is 1. The normalized spacial score (nSPS) is 13.0. The fourth-order valence-corrected chi connectivity index (χ4v) is 1.41. The Balaban J connectivity index is 3.01. The molecule has 0 heterocycles. The smallest absolute Gasteiger partial charge is 0.142 e. The molecule has 0 amide bonds. The highest BCUT2D eigenvalue weighted by molar-refractivity contribution is 6.30. The number of hydrogen-bond donors (Lipinski definition) is 1. The van der Waals surface area contributed by atoms with Gasteiger partial charge in [-0.3, -0.25) is 0 Å². The second kappa shape index (κ2) is 4.07. The molecular weight excluding hydrogens is 191 g/mol. The van der Waals surface area contributed by atoms with Crippen LogP contribution in [-0.4, -0.2) is 11.2 Å². The molecule has 1 rings (SSSR count). The van der Waals surface area contributed by atoms with E-state index in [0.717, 1.165) is 11.1 Å². The molecule has 1 N–H and O–H groups in total. The summed E-state index contributed by atoms with van der Waals surface area (Å²) < 4.78 is 12.9. The van der Waals surface area contributed by atoms with Gasteiger partial charge in [0.25, 0.3) is 0 Å². The van der Waals surface area contributed by atoms with Gasteiger partial charge in [0.05, 0.1) is 11.1 Å². The maximum absolute atomic E-state index is 12.9. The monoisotopic (exact) mass is 202 g/mol. The number of aryl methyl sites for hydroxylation is 1. The molecule has 0 bridgehead atoms. The van der Waals surface area contributed by atoms with Crippen molar-refractivity contribution in [2.75, 3.05) is 0 Å². The van der Waals surface area contributed by atoms with E-state index in [1.54, 1.807) is 19.9 Å². The van der Waals surface area contributed by atoms with E-state index < -0.39 is 11.9 Å². The van der Waals surface area contributed by atoms with E-state index in [9.17, 15) is 4.39 Å². The van der Waals surface area contributed by atoms with Gasteiger partial charge < -0.3 is 5.11 Å². The van der Waals surface area contributed by atoms with Gasteiger partial charge in [-0.15, -0.1) is 0 Å². The summed E-state index contributed by atoms with van der Waals surface area (Å²) in [5.74, 6) is -0.409. The maximum atomic E-state index is 12.9. The highest BCUT2D eigenvalue weighted by atomic mass is 35.5. The van der Waals surface area contributed by atoms with Crippen LogP contribution in [0.3, 0.4) is 0 Å². The van der Waals surface area contributed by atoms with E-state index in [-0.39, 0.29) is 5.02 Å². The first-order chi connectivity index (χ1) is 6.00. The summed E-state index contributed by atoms with van der Waals surface area (Å²) in [6.07, 6.45) is 0.0754. The minimum atomic E-state index is -0.430. The Kier molecular flexibility index (Phi) is 3.28. The predicted octanol–water partition coefficient (Wildman–Crippen LogP) is 2.71. The lowest BCUT2D eigenvalue weighted by Crippen LogP contribution is -2.05. The Hall–Kier alpha value is -0.600. The van der Waals surface area contributed by atoms with Crippen LogP contribution in [0.5, 0.6) is 0 Å². The molecule has 0 fully saturated rings. The zero-order valence-electron chi connectivity index (χ0n) is 7.64. The lowest BCUT2D eigenvalue weighted by molar-refractivity contribution is 0.195. The van der Waals surface area contributed by atoms with E-state index in [0.29, 0.717) is 6.42 Å². The van der Waals surface area contributed by atoms with E-state index in [2.05, 4.69) is 0 Å². The number of halogens is 2. The van der Waals surface area contributed by atoms with Crippen molar-refractivity contribution in [1.29, 1.82) is 0 Å². The minimum Gasteiger partial charge on any atom is -0.393 e. The van der Waals surface area contributed by atoms with Crippen LogP contribution in [0.1, 0.15) is 18.1 Å². The lowest BCUT2D eigenvalue weighted by Gasteiger charge is -2.08. The van der Waals surface area contributed by atoms with Crippen LogP contribution in [0, 0.1) is 12.7 Å². The molecule has 0 spiro atoms. The average molecular weight is 203 g/mol. The molecule has 0 aliphatic rings. The maximum Gasteiger partial charge on any atom is 0.142 e. The van der Waals surface area contributed by atoms with Crippen molar-refractivity contribution in [3.63, 3.8) is 0 Å². The third kappa shape index (κ3) is 2.68. The Morgan fingerprint density at radius 1 is 1.54 bits per heavy atom. The lowest BCUT2D eigenvalue weighted by atomic mass is 10.0. The van der Waals surface area contributed by atoms with Crippen molar-refractivity contribution in [3.05, 3.63) is 34.1 Å². The van der Waals surface area contributed by atoms with Gasteiger partial charge in [0, 0.05) is 0 Å². The second-order valence-corrected chi connectivity index (χ2v) is 3.65. The Bertz CT molecular complexity index is 310. The molecule has 3 heteroatoms. The molecule has 1 aromatic carbocycles. The van der Waals surface area contributed by atoms with Gasteiger partial charge in [0.2, 0.25) is 0 Å². The summed E-state index contributed by atoms with van der Waals surface area (Å²) in [7, 11) is 0. The van der Waals surface area contributed by atoms with Crippen LogP contribution < -0.4 is 0 Å². The Morgan fingerprint density at radius 3 is 2.69 bits per heavy atom. The van der Waals surface area contributed by atoms with E-state index in [1.807, 2.05) is 0 Å². The largest absolute Gasteiger partial charge is 0.393 e. The van der Waals surface area contributed by atoms with Crippen molar-refractivity contribution >= 4 is 11.6 Å². The van der Waals surface area contributed by atoms with Crippen LogP contribution in [-0.2, 0) is 6.42 Å². The van der Waals surface area contributed by atoms with Gasteiger partial charge in [-0.05, 0) is 43.5 Å². The summed E-state index contributed by atoms with van der Waals surface area (Å²) in [6.45, 7) is 3.49. The molecule has 0 saturated carbocycles. The first kappa shape index (κ1) is 10.5. The molecule has 0 aromatic heterocycles. The third-order valence-corrected chi connectivity index (χ3v) is 2.18. The molecule has 1 atom stereocenters. The summed E-state index contributed by atoms with van der Waals surface area (Å²) in [4.78, 5) is 0. The SMILES string of the molecule is Cc1cc(F)c(Cl)cc1CC(C)O. The summed E-state index contributed by atoms with van der Waals surface area (Å²) in [5.41, 5.74) is 1.71. The highest BCUT2D eigenvalue weighted by Gasteiger charge is 2.07. The molecule has 1 unspecified atom stereocenters. The topological polar surface area (TPSA) is 20.2 Å². The van der Waals surface area contributed by atoms with E-state index in [4.69, 9.17) is 16.7 Å². The zero-order valence-corrected chi connectivity index (χ0v) is 8.40. The van der Waals surface area contributed by atoms with Gasteiger partial charge in [0.1, 0.15) is 5.82 Å². The number of aliphatic hydroxyl groups excluding tert-OH is 1. The average Bonchev–Trinajstić information content (AvgIpc) is 1.99. The first-order valence-electron chi connectivity index (χ1n) is 4.13. The molecule has 0 aliphatic heterocycles. The number of aliphatic hydroxyl groups is 1. The third-order valence-electron chi connectivity index (χ3n) is 1.89. The second-order valence-electron chi connectivity index (χ2n) is 3.25. The summed E-state index contributed by atoms with van der Waals surface area (Å²) in [6, 6.07) is 2.96. The van der Waals surface area contributed by atoms with Crippen LogP contribution >= 0.6 is 11.6 Å². The summed E-state index contributed by atoms with van der Waals surface area (Å²) >= 11 is 5.61. The molecule has 0 saturated heterocycles. The van der Waals surface area contributed by atoms with Gasteiger partial charge in [-0.1, -0.05) is 11.6 Å². The number of rotatable bonds is 2. The minimum absolute atomic E-state index is 0.112.